The lowest BCUT2D eigenvalue weighted by molar-refractivity contribution is 0.471. The molecule has 0 saturated carbocycles. The molecule has 0 fully saturated rings. The molecule has 10 rings (SSSR count). The number of para-hydroxylation sites is 4. The van der Waals surface area contributed by atoms with Crippen molar-refractivity contribution in [1.29, 1.82) is 0 Å². The van der Waals surface area contributed by atoms with Crippen LogP contribution in [-0.2, 0) is 5.41 Å². The summed E-state index contributed by atoms with van der Waals surface area (Å²) in [5.74, 6) is 1.76. The van der Waals surface area contributed by atoms with Crippen LogP contribution >= 0.6 is 0 Å². The fourth-order valence-electron chi connectivity index (χ4n) is 8.52. The minimum atomic E-state index is -0.299. The molecule has 0 bridgehead atoms. The van der Waals surface area contributed by atoms with Gasteiger partial charge in [-0.2, -0.15) is 0 Å². The lowest BCUT2D eigenvalue weighted by Crippen LogP contribution is -2.32. The van der Waals surface area contributed by atoms with Crippen LogP contribution in [0.25, 0.3) is 33.4 Å². The summed E-state index contributed by atoms with van der Waals surface area (Å²) in [7, 11) is 0. The van der Waals surface area contributed by atoms with Gasteiger partial charge >= 0.3 is 0 Å². The van der Waals surface area contributed by atoms with Gasteiger partial charge in [0.05, 0.1) is 22.7 Å². The average Bonchev–Trinajstić information content (AvgIpc) is 3.23. The highest BCUT2D eigenvalue weighted by molar-refractivity contribution is 5.96. The number of nitrogens with zero attached hydrogens (tertiary/aromatic N) is 2. The number of anilines is 6. The number of benzene rings is 8. The Kier molecular flexibility index (Phi) is 7.48. The van der Waals surface area contributed by atoms with E-state index in [0.29, 0.717) is 0 Å². The van der Waals surface area contributed by atoms with Crippen molar-refractivity contribution in [3.05, 3.63) is 205 Å². The van der Waals surface area contributed by atoms with Crippen LogP contribution in [0.3, 0.4) is 0 Å². The standard InChI is InChI=1S/C51H38N2O/c1-51(2)43-24-15-29-48-50(43)53(45-26-11-12-28-47(45)54-48)46-27-14-23-42(49(46)51)38-20-13-21-40(34-38)52(39-32-30-36(31-33-39)35-16-5-3-6-17-35)44-25-10-9-22-41(44)37-18-7-4-8-19-37/h3-34H,1-2H3. The Morgan fingerprint density at radius 3 is 1.85 bits per heavy atom. The van der Waals surface area contributed by atoms with E-state index < -0.39 is 0 Å². The van der Waals surface area contributed by atoms with E-state index in [2.05, 4.69) is 212 Å². The lowest BCUT2D eigenvalue weighted by atomic mass is 9.70. The number of hydrogen-bond acceptors (Lipinski definition) is 3. The molecule has 3 nitrogen and oxygen atoms in total. The van der Waals surface area contributed by atoms with E-state index in [-0.39, 0.29) is 5.41 Å². The van der Waals surface area contributed by atoms with Crippen molar-refractivity contribution in [1.82, 2.24) is 0 Å². The van der Waals surface area contributed by atoms with Crippen LogP contribution in [0.5, 0.6) is 11.5 Å². The summed E-state index contributed by atoms with van der Waals surface area (Å²) in [6.45, 7) is 4.70. The maximum atomic E-state index is 6.50. The summed E-state index contributed by atoms with van der Waals surface area (Å²) in [6, 6.07) is 69.6. The molecule has 0 radical (unpaired) electrons. The van der Waals surface area contributed by atoms with Crippen LogP contribution in [0.15, 0.2) is 194 Å². The molecule has 2 aliphatic rings. The van der Waals surface area contributed by atoms with Crippen molar-refractivity contribution in [3.63, 3.8) is 0 Å². The molecule has 0 aliphatic carbocycles. The molecule has 54 heavy (non-hydrogen) atoms. The smallest absolute Gasteiger partial charge is 0.151 e. The van der Waals surface area contributed by atoms with Crippen molar-refractivity contribution in [2.75, 3.05) is 9.80 Å². The van der Waals surface area contributed by atoms with Gasteiger partial charge in [-0.05, 0) is 93.5 Å². The topological polar surface area (TPSA) is 15.7 Å². The minimum absolute atomic E-state index is 0.299. The summed E-state index contributed by atoms with van der Waals surface area (Å²) < 4.78 is 6.50. The summed E-state index contributed by atoms with van der Waals surface area (Å²) >= 11 is 0. The normalized spacial score (nSPS) is 13.3. The molecule has 2 aliphatic heterocycles. The van der Waals surface area contributed by atoms with E-state index in [0.717, 1.165) is 39.9 Å². The van der Waals surface area contributed by atoms with Gasteiger partial charge in [-0.25, -0.2) is 0 Å². The van der Waals surface area contributed by atoms with Gasteiger partial charge in [-0.15, -0.1) is 0 Å². The van der Waals surface area contributed by atoms with Crippen LogP contribution in [0.1, 0.15) is 25.0 Å². The predicted molar refractivity (Wildman–Crippen MR) is 224 cm³/mol. The van der Waals surface area contributed by atoms with Crippen LogP contribution in [-0.4, -0.2) is 0 Å². The molecule has 258 valence electrons. The van der Waals surface area contributed by atoms with Crippen molar-refractivity contribution in [2.24, 2.45) is 0 Å². The first-order chi connectivity index (χ1) is 26.6. The van der Waals surface area contributed by atoms with E-state index in [1.54, 1.807) is 0 Å². The lowest BCUT2D eigenvalue weighted by Gasteiger charge is -2.45. The van der Waals surface area contributed by atoms with Crippen molar-refractivity contribution < 1.29 is 4.74 Å². The number of ether oxygens (including phenoxy) is 1. The van der Waals surface area contributed by atoms with Crippen molar-refractivity contribution >= 4 is 34.1 Å². The molecular weight excluding hydrogens is 657 g/mol. The molecule has 0 unspecified atom stereocenters. The monoisotopic (exact) mass is 694 g/mol. The Hall–Kier alpha value is -6.84. The Morgan fingerprint density at radius 1 is 0.444 bits per heavy atom. The Morgan fingerprint density at radius 2 is 1.04 bits per heavy atom. The molecule has 0 saturated heterocycles. The van der Waals surface area contributed by atoms with E-state index >= 15 is 0 Å². The van der Waals surface area contributed by atoms with Crippen LogP contribution in [0.2, 0.25) is 0 Å². The van der Waals surface area contributed by atoms with Crippen molar-refractivity contribution in [2.45, 2.75) is 19.3 Å². The molecule has 3 heteroatoms. The van der Waals surface area contributed by atoms with Crippen molar-refractivity contribution in [3.8, 4) is 44.9 Å². The third kappa shape index (κ3) is 5.12. The summed E-state index contributed by atoms with van der Waals surface area (Å²) in [5, 5.41) is 0. The highest BCUT2D eigenvalue weighted by Gasteiger charge is 2.42. The highest BCUT2D eigenvalue weighted by atomic mass is 16.5. The first-order valence-electron chi connectivity index (χ1n) is 18.6. The van der Waals surface area contributed by atoms with E-state index in [1.807, 2.05) is 6.07 Å². The predicted octanol–water partition coefficient (Wildman–Crippen LogP) is 14.4. The molecule has 0 N–H and O–H groups in total. The minimum Gasteiger partial charge on any atom is -0.453 e. The molecule has 0 aromatic heterocycles. The summed E-state index contributed by atoms with van der Waals surface area (Å²) in [4.78, 5) is 4.81. The zero-order valence-electron chi connectivity index (χ0n) is 30.3. The fraction of sp³-hybridized carbons (Fsp3) is 0.0588. The first-order valence-corrected chi connectivity index (χ1v) is 18.6. The maximum absolute atomic E-state index is 6.50. The second kappa shape index (κ2) is 12.7. The molecule has 0 amide bonds. The third-order valence-electron chi connectivity index (χ3n) is 11.0. The second-order valence-corrected chi connectivity index (χ2v) is 14.6. The van der Waals surface area contributed by atoms with Gasteiger partial charge in [0.15, 0.2) is 11.5 Å². The zero-order valence-corrected chi connectivity index (χ0v) is 30.3. The Labute approximate surface area is 317 Å². The Bertz CT molecular complexity index is 2660. The Balaban J connectivity index is 1.16. The molecule has 2 heterocycles. The largest absolute Gasteiger partial charge is 0.453 e. The van der Waals surface area contributed by atoms with E-state index in [1.165, 1.54) is 50.2 Å². The van der Waals surface area contributed by atoms with Gasteiger partial charge in [0.2, 0.25) is 0 Å². The van der Waals surface area contributed by atoms with Crippen LogP contribution in [0.4, 0.5) is 34.1 Å². The van der Waals surface area contributed by atoms with Gasteiger partial charge in [-0.1, -0.05) is 153 Å². The first kappa shape index (κ1) is 31.9. The fourth-order valence-corrected chi connectivity index (χ4v) is 8.52. The van der Waals surface area contributed by atoms with Gasteiger partial charge < -0.3 is 14.5 Å². The average molecular weight is 695 g/mol. The van der Waals surface area contributed by atoms with Gasteiger partial charge in [0, 0.05) is 22.4 Å². The quantitative estimate of drug-likeness (QED) is 0.172. The van der Waals surface area contributed by atoms with Crippen LogP contribution in [0, 0.1) is 0 Å². The third-order valence-corrected chi connectivity index (χ3v) is 11.0. The van der Waals surface area contributed by atoms with E-state index in [4.69, 9.17) is 4.74 Å². The van der Waals surface area contributed by atoms with Gasteiger partial charge in [-0.3, -0.25) is 0 Å². The molecular formula is C51H38N2O. The highest BCUT2D eigenvalue weighted by Crippen LogP contribution is 2.61. The molecule has 0 spiro atoms. The molecule has 8 aromatic rings. The summed E-state index contributed by atoms with van der Waals surface area (Å²) in [5.41, 5.74) is 16.1. The van der Waals surface area contributed by atoms with Gasteiger partial charge in [0.1, 0.15) is 0 Å². The molecule has 8 aromatic carbocycles. The van der Waals surface area contributed by atoms with Crippen LogP contribution < -0.4 is 14.5 Å². The maximum Gasteiger partial charge on any atom is 0.151 e. The SMILES string of the molecule is CC1(C)c2cccc3c2N(c2ccccc2O3)c2cccc(-c3cccc(N(c4ccc(-c5ccccc5)cc4)c4ccccc4-c4ccccc4)c3)c21. The second-order valence-electron chi connectivity index (χ2n) is 14.6. The number of rotatable bonds is 6. The summed E-state index contributed by atoms with van der Waals surface area (Å²) in [6.07, 6.45) is 0. The number of fused-ring (bicyclic) bond motifs is 4. The van der Waals surface area contributed by atoms with Gasteiger partial charge in [0.25, 0.3) is 0 Å². The number of hydrogen-bond donors (Lipinski definition) is 0. The molecule has 0 atom stereocenters. The van der Waals surface area contributed by atoms with E-state index in [9.17, 15) is 0 Å². The zero-order chi connectivity index (χ0) is 36.2.